The topological polar surface area (TPSA) is 90.5 Å². The fourth-order valence-corrected chi connectivity index (χ4v) is 2.41. The highest BCUT2D eigenvalue weighted by atomic mass is 32.2. The number of carbonyl (C=O) groups is 2. The van der Waals surface area contributed by atoms with Gasteiger partial charge < -0.3 is 10.4 Å². The summed E-state index contributed by atoms with van der Waals surface area (Å²) in [5.41, 5.74) is 5.97. The summed E-state index contributed by atoms with van der Waals surface area (Å²) in [6.07, 6.45) is 0.946. The Kier molecular flexibility index (Phi) is 4.28. The molecule has 1 aromatic carbocycles. The number of amides is 2. The van der Waals surface area contributed by atoms with Gasteiger partial charge in [-0.1, -0.05) is 12.1 Å². The van der Waals surface area contributed by atoms with Crippen molar-refractivity contribution in [1.29, 1.82) is 0 Å². The van der Waals surface area contributed by atoms with Crippen molar-refractivity contribution in [1.82, 2.24) is 10.7 Å². The second-order valence-electron chi connectivity index (χ2n) is 4.10. The highest BCUT2D eigenvalue weighted by molar-refractivity contribution is 7.98. The number of aliphatic hydroxyl groups excluding tert-OH is 1. The summed E-state index contributed by atoms with van der Waals surface area (Å²) in [5.74, 6) is -2.06. The maximum atomic E-state index is 11.8. The van der Waals surface area contributed by atoms with Crippen molar-refractivity contribution in [3.8, 4) is 0 Å². The van der Waals surface area contributed by atoms with Crippen LogP contribution in [0.25, 0.3) is 0 Å². The summed E-state index contributed by atoms with van der Waals surface area (Å²) >= 11 is 1.54. The molecule has 0 saturated carbocycles. The Morgan fingerprint density at radius 3 is 2.84 bits per heavy atom. The van der Waals surface area contributed by atoms with Crippen LogP contribution in [-0.4, -0.2) is 35.8 Å². The Bertz CT molecular complexity index is 495. The van der Waals surface area contributed by atoms with E-state index in [1.165, 1.54) is 11.8 Å². The van der Waals surface area contributed by atoms with Gasteiger partial charge in [0, 0.05) is 11.4 Å². The smallest absolute Gasteiger partial charge is 0.253 e. The third-order valence-electron chi connectivity index (χ3n) is 2.86. The minimum atomic E-state index is -1.06. The summed E-state index contributed by atoms with van der Waals surface area (Å²) in [6, 6.07) is 7.46. The van der Waals surface area contributed by atoms with Gasteiger partial charge in [-0.05, 0) is 18.4 Å². The van der Waals surface area contributed by atoms with Crippen molar-refractivity contribution in [3.05, 3.63) is 24.3 Å². The first kappa shape index (κ1) is 13.7. The lowest BCUT2D eigenvalue weighted by Crippen LogP contribution is -2.42. The number of hydrogen-bond acceptors (Lipinski definition) is 5. The lowest BCUT2D eigenvalue weighted by atomic mass is 10.1. The number of benzene rings is 1. The van der Waals surface area contributed by atoms with E-state index in [9.17, 15) is 14.7 Å². The molecular formula is C12H15N3O3S. The molecule has 1 heterocycles. The lowest BCUT2D eigenvalue weighted by molar-refractivity contribution is -0.135. The molecule has 7 heteroatoms. The number of aliphatic hydroxyl groups is 1. The van der Waals surface area contributed by atoms with E-state index in [2.05, 4.69) is 16.2 Å². The quantitative estimate of drug-likeness (QED) is 0.353. The predicted molar refractivity (Wildman–Crippen MR) is 72.5 cm³/mol. The van der Waals surface area contributed by atoms with Crippen LogP contribution in [0.15, 0.2) is 29.2 Å². The molecule has 1 fully saturated rings. The molecule has 2 rings (SSSR count). The normalized spacial score (nSPS) is 21.9. The molecule has 1 saturated heterocycles. The average molecular weight is 281 g/mol. The van der Waals surface area contributed by atoms with E-state index in [0.717, 1.165) is 10.6 Å². The zero-order valence-corrected chi connectivity index (χ0v) is 11.2. The Balaban J connectivity index is 1.98. The minimum absolute atomic E-state index is 0.109. The van der Waals surface area contributed by atoms with E-state index in [-0.39, 0.29) is 6.54 Å². The Morgan fingerprint density at radius 1 is 1.47 bits per heavy atom. The summed E-state index contributed by atoms with van der Waals surface area (Å²) in [4.78, 5) is 24.2. The molecule has 0 bridgehead atoms. The van der Waals surface area contributed by atoms with E-state index in [0.29, 0.717) is 0 Å². The molecule has 1 aromatic rings. The lowest BCUT2D eigenvalue weighted by Gasteiger charge is -2.15. The van der Waals surface area contributed by atoms with Gasteiger partial charge in [0.25, 0.3) is 5.91 Å². The van der Waals surface area contributed by atoms with Crippen LogP contribution in [0, 0.1) is 5.92 Å². The van der Waals surface area contributed by atoms with Crippen LogP contribution in [0.2, 0.25) is 0 Å². The molecule has 6 nitrogen and oxygen atoms in total. The first-order valence-electron chi connectivity index (χ1n) is 5.78. The first-order chi connectivity index (χ1) is 9.13. The van der Waals surface area contributed by atoms with Crippen LogP contribution in [0.1, 0.15) is 0 Å². The zero-order chi connectivity index (χ0) is 13.8. The molecule has 2 atom stereocenters. The van der Waals surface area contributed by atoms with Crippen molar-refractivity contribution in [3.63, 3.8) is 0 Å². The highest BCUT2D eigenvalue weighted by Gasteiger charge is 2.39. The van der Waals surface area contributed by atoms with Crippen LogP contribution in [0.5, 0.6) is 0 Å². The highest BCUT2D eigenvalue weighted by Crippen LogP contribution is 2.23. The largest absolute Gasteiger partial charge is 0.390 e. The maximum absolute atomic E-state index is 11.8. The summed E-state index contributed by atoms with van der Waals surface area (Å²) in [6.45, 7) is 0.109. The van der Waals surface area contributed by atoms with E-state index < -0.39 is 23.8 Å². The van der Waals surface area contributed by atoms with Gasteiger partial charge in [0.15, 0.2) is 0 Å². The van der Waals surface area contributed by atoms with Crippen molar-refractivity contribution in [2.75, 3.05) is 18.2 Å². The third-order valence-corrected chi connectivity index (χ3v) is 3.66. The molecular weight excluding hydrogens is 266 g/mol. The molecule has 2 amide bonds. The van der Waals surface area contributed by atoms with Gasteiger partial charge in [0.2, 0.25) is 5.91 Å². The van der Waals surface area contributed by atoms with Gasteiger partial charge in [0.05, 0.1) is 11.8 Å². The number of para-hydroxylation sites is 1. The zero-order valence-electron chi connectivity index (χ0n) is 10.3. The molecule has 102 valence electrons. The maximum Gasteiger partial charge on any atom is 0.253 e. The average Bonchev–Trinajstić information content (AvgIpc) is 2.76. The monoisotopic (exact) mass is 281 g/mol. The van der Waals surface area contributed by atoms with E-state index >= 15 is 0 Å². The molecule has 0 aliphatic carbocycles. The molecule has 1 aliphatic heterocycles. The Morgan fingerprint density at radius 2 is 2.21 bits per heavy atom. The van der Waals surface area contributed by atoms with Crippen LogP contribution >= 0.6 is 11.8 Å². The second kappa shape index (κ2) is 5.94. The number of anilines is 1. The summed E-state index contributed by atoms with van der Waals surface area (Å²) in [5, 5.41) is 12.0. The second-order valence-corrected chi connectivity index (χ2v) is 4.95. The molecule has 0 spiro atoms. The van der Waals surface area contributed by atoms with Gasteiger partial charge in [0.1, 0.15) is 5.92 Å². The van der Waals surface area contributed by atoms with Crippen LogP contribution < -0.4 is 16.2 Å². The molecule has 4 N–H and O–H groups in total. The molecule has 0 aromatic heterocycles. The number of rotatable bonds is 4. The van der Waals surface area contributed by atoms with Crippen molar-refractivity contribution >= 4 is 29.3 Å². The molecule has 1 aliphatic rings. The number of thioether (sulfide) groups is 1. The van der Waals surface area contributed by atoms with Crippen LogP contribution in [0.3, 0.4) is 0 Å². The standard InChI is InChI=1S/C12H15N3O3S/c1-19-9-5-3-2-4-7(9)14-15-12(18)10-8(16)6-13-11(10)17/h2-5,8,10,14,16H,6H2,1H3,(H,13,17)(H,15,18). The first-order valence-corrected chi connectivity index (χ1v) is 7.00. The third kappa shape index (κ3) is 2.99. The van der Waals surface area contributed by atoms with E-state index in [1.54, 1.807) is 0 Å². The predicted octanol–water partition coefficient (Wildman–Crippen LogP) is -0.0415. The van der Waals surface area contributed by atoms with Crippen molar-refractivity contribution in [2.45, 2.75) is 11.0 Å². The van der Waals surface area contributed by atoms with Gasteiger partial charge in [-0.15, -0.1) is 11.8 Å². The number of carbonyl (C=O) groups excluding carboxylic acids is 2. The van der Waals surface area contributed by atoms with Crippen LogP contribution in [0.4, 0.5) is 5.69 Å². The van der Waals surface area contributed by atoms with Crippen LogP contribution in [-0.2, 0) is 9.59 Å². The van der Waals surface area contributed by atoms with E-state index in [1.807, 2.05) is 30.5 Å². The summed E-state index contributed by atoms with van der Waals surface area (Å²) in [7, 11) is 0. The fraction of sp³-hybridized carbons (Fsp3) is 0.333. The molecule has 0 radical (unpaired) electrons. The Hall–Kier alpha value is -1.73. The number of hydrazine groups is 1. The Labute approximate surface area is 114 Å². The van der Waals surface area contributed by atoms with E-state index in [4.69, 9.17) is 0 Å². The summed E-state index contributed by atoms with van der Waals surface area (Å²) < 4.78 is 0. The van der Waals surface area contributed by atoms with Gasteiger partial charge >= 0.3 is 0 Å². The SMILES string of the molecule is CSc1ccccc1NNC(=O)C1C(=O)NCC1O. The number of hydrogen-bond donors (Lipinski definition) is 4. The number of nitrogens with one attached hydrogen (secondary N) is 3. The van der Waals surface area contributed by atoms with Crippen molar-refractivity contribution in [2.24, 2.45) is 5.92 Å². The fourth-order valence-electron chi connectivity index (χ4n) is 1.86. The molecule has 19 heavy (non-hydrogen) atoms. The van der Waals surface area contributed by atoms with Crippen molar-refractivity contribution < 1.29 is 14.7 Å². The molecule has 2 unspecified atom stereocenters. The number of β-amino-alcohol motifs (C(OH)–C–C–N with tert-alkyl or cyclic N) is 1. The van der Waals surface area contributed by atoms with Gasteiger partial charge in [-0.2, -0.15) is 0 Å². The minimum Gasteiger partial charge on any atom is -0.390 e. The van der Waals surface area contributed by atoms with Gasteiger partial charge in [-0.3, -0.25) is 20.4 Å². The van der Waals surface area contributed by atoms with Gasteiger partial charge in [-0.25, -0.2) is 0 Å².